The number of allylic oxidation sites excluding steroid dienone is 4. The lowest BCUT2D eigenvalue weighted by molar-refractivity contribution is 0.313. The maximum Gasteiger partial charge on any atom is 0.180 e. The first-order valence-electron chi connectivity index (χ1n) is 10.1. The number of phenolic OH excluding ortho intramolecular Hbond substituents is 1. The van der Waals surface area contributed by atoms with Crippen molar-refractivity contribution in [1.29, 1.82) is 0 Å². The van der Waals surface area contributed by atoms with Crippen LogP contribution < -0.4 is 10.1 Å². The number of unbranched alkanes of at least 4 members (excludes halogenated alkanes) is 1. The van der Waals surface area contributed by atoms with Gasteiger partial charge in [0.2, 0.25) is 0 Å². The zero-order valence-corrected chi connectivity index (χ0v) is 18.0. The molecule has 0 amide bonds. The SMILES string of the molecule is C1=CCCC=C1.CCCC[C@]1(CC)CS(=O)(=O)c2cc(OC)c(O)cc2CN1. The minimum Gasteiger partial charge on any atom is -0.504 e. The molecule has 0 aromatic heterocycles. The topological polar surface area (TPSA) is 75.6 Å². The maximum absolute atomic E-state index is 12.8. The number of aromatic hydroxyl groups is 1. The van der Waals surface area contributed by atoms with Gasteiger partial charge in [-0.3, -0.25) is 0 Å². The van der Waals surface area contributed by atoms with Crippen molar-refractivity contribution in [2.75, 3.05) is 12.9 Å². The van der Waals surface area contributed by atoms with Gasteiger partial charge in [-0.25, -0.2) is 8.42 Å². The van der Waals surface area contributed by atoms with Crippen LogP contribution in [0.15, 0.2) is 41.3 Å². The third-order valence-electron chi connectivity index (χ3n) is 5.39. The number of hydrogen-bond acceptors (Lipinski definition) is 5. The van der Waals surface area contributed by atoms with Crippen molar-refractivity contribution in [3.05, 3.63) is 42.0 Å². The number of fused-ring (bicyclic) bond motifs is 1. The highest BCUT2D eigenvalue weighted by atomic mass is 32.2. The standard InChI is InChI=1S/C16H25NO4S.C6H8/c1-4-6-7-16(5-2)11-22(19,20)15-9-14(21-3)13(18)8-12(15)10-17-16;1-2-4-6-5-3-1/h8-9,17-18H,4-7,10-11H2,1-3H3;1-4H,5-6H2/t16-;/m1./s1. The number of benzene rings is 1. The minimum absolute atomic E-state index is 0.0317. The number of sulfone groups is 1. The van der Waals surface area contributed by atoms with E-state index in [0.717, 1.165) is 25.7 Å². The van der Waals surface area contributed by atoms with E-state index in [1.807, 2.05) is 6.92 Å². The second-order valence-corrected chi connectivity index (χ2v) is 9.37. The van der Waals surface area contributed by atoms with Crippen molar-refractivity contribution in [1.82, 2.24) is 5.32 Å². The van der Waals surface area contributed by atoms with Gasteiger partial charge >= 0.3 is 0 Å². The average molecular weight is 408 g/mol. The average Bonchev–Trinajstić information content (AvgIpc) is 2.81. The highest BCUT2D eigenvalue weighted by molar-refractivity contribution is 7.91. The molecule has 0 saturated carbocycles. The largest absolute Gasteiger partial charge is 0.504 e. The van der Waals surface area contributed by atoms with Crippen LogP contribution in [0.5, 0.6) is 11.5 Å². The monoisotopic (exact) mass is 407 g/mol. The molecule has 1 heterocycles. The van der Waals surface area contributed by atoms with Crippen molar-refractivity contribution in [2.24, 2.45) is 0 Å². The van der Waals surface area contributed by atoms with Crippen molar-refractivity contribution >= 4 is 9.84 Å². The van der Waals surface area contributed by atoms with E-state index in [4.69, 9.17) is 4.74 Å². The number of methoxy groups -OCH3 is 1. The van der Waals surface area contributed by atoms with Gasteiger partial charge < -0.3 is 15.2 Å². The summed E-state index contributed by atoms with van der Waals surface area (Å²) in [7, 11) is -2.01. The van der Waals surface area contributed by atoms with Crippen LogP contribution in [-0.4, -0.2) is 31.9 Å². The summed E-state index contributed by atoms with van der Waals surface area (Å²) in [5.74, 6) is 0.243. The molecule has 3 rings (SSSR count). The quantitative estimate of drug-likeness (QED) is 0.751. The molecular formula is C22H33NO4S. The van der Waals surface area contributed by atoms with E-state index in [0.29, 0.717) is 12.1 Å². The lowest BCUT2D eigenvalue weighted by atomic mass is 9.91. The first kappa shape index (κ1) is 22.5. The number of nitrogens with one attached hydrogen (secondary N) is 1. The van der Waals surface area contributed by atoms with Gasteiger partial charge in [-0.05, 0) is 37.3 Å². The summed E-state index contributed by atoms with van der Waals surface area (Å²) in [5, 5.41) is 13.3. The fourth-order valence-corrected chi connectivity index (χ4v) is 5.73. The summed E-state index contributed by atoms with van der Waals surface area (Å²) in [4.78, 5) is 0.265. The van der Waals surface area contributed by atoms with Crippen LogP contribution in [0, 0.1) is 0 Å². The zero-order valence-electron chi connectivity index (χ0n) is 17.2. The molecule has 1 atom stereocenters. The van der Waals surface area contributed by atoms with Gasteiger partial charge in [-0.1, -0.05) is 51.0 Å². The van der Waals surface area contributed by atoms with Crippen LogP contribution in [0.2, 0.25) is 0 Å². The lowest BCUT2D eigenvalue weighted by Crippen LogP contribution is -2.48. The number of ether oxygens (including phenoxy) is 1. The molecule has 0 radical (unpaired) electrons. The molecule has 5 nitrogen and oxygen atoms in total. The minimum atomic E-state index is -3.43. The summed E-state index contributed by atoms with van der Waals surface area (Å²) in [5.41, 5.74) is 0.196. The number of rotatable bonds is 5. The Morgan fingerprint density at radius 3 is 2.36 bits per heavy atom. The Balaban J connectivity index is 0.000000397. The van der Waals surface area contributed by atoms with Gasteiger partial charge in [0, 0.05) is 18.2 Å². The van der Waals surface area contributed by atoms with Crippen LogP contribution >= 0.6 is 0 Å². The van der Waals surface area contributed by atoms with E-state index < -0.39 is 15.4 Å². The molecule has 6 heteroatoms. The summed E-state index contributed by atoms with van der Waals surface area (Å²) < 4.78 is 30.7. The van der Waals surface area contributed by atoms with Gasteiger partial charge in [0.05, 0.1) is 17.8 Å². The predicted molar refractivity (Wildman–Crippen MR) is 114 cm³/mol. The van der Waals surface area contributed by atoms with Gasteiger partial charge in [0.25, 0.3) is 0 Å². The summed E-state index contributed by atoms with van der Waals surface area (Å²) >= 11 is 0. The van der Waals surface area contributed by atoms with Crippen molar-refractivity contribution in [3.63, 3.8) is 0 Å². The summed E-state index contributed by atoms with van der Waals surface area (Å²) in [6.45, 7) is 4.56. The van der Waals surface area contributed by atoms with E-state index in [9.17, 15) is 13.5 Å². The lowest BCUT2D eigenvalue weighted by Gasteiger charge is -2.32. The molecular weight excluding hydrogens is 374 g/mol. The Hall–Kier alpha value is -1.79. The Morgan fingerprint density at radius 2 is 1.86 bits per heavy atom. The van der Waals surface area contributed by atoms with Crippen LogP contribution in [0.25, 0.3) is 0 Å². The Kier molecular flexibility index (Phi) is 8.13. The molecule has 2 aliphatic rings. The van der Waals surface area contributed by atoms with Crippen molar-refractivity contribution in [2.45, 2.75) is 69.4 Å². The molecule has 1 aliphatic heterocycles. The summed E-state index contributed by atoms with van der Waals surface area (Å²) in [6.07, 6.45) is 14.6. The Bertz CT molecular complexity index is 802. The fraction of sp³-hybridized carbons (Fsp3) is 0.545. The third kappa shape index (κ3) is 5.61. The van der Waals surface area contributed by atoms with E-state index in [1.54, 1.807) is 0 Å². The smallest absolute Gasteiger partial charge is 0.180 e. The second kappa shape index (κ2) is 10.1. The van der Waals surface area contributed by atoms with Crippen LogP contribution in [0.4, 0.5) is 0 Å². The van der Waals surface area contributed by atoms with Gasteiger partial charge in [-0.15, -0.1) is 0 Å². The zero-order chi connectivity index (χ0) is 20.6. The molecule has 1 aromatic rings. The van der Waals surface area contributed by atoms with Crippen LogP contribution in [0.3, 0.4) is 0 Å². The fourth-order valence-electron chi connectivity index (χ4n) is 3.58. The van der Waals surface area contributed by atoms with Crippen LogP contribution in [-0.2, 0) is 16.4 Å². The van der Waals surface area contributed by atoms with E-state index in [2.05, 4.69) is 36.5 Å². The maximum atomic E-state index is 12.8. The first-order valence-corrected chi connectivity index (χ1v) is 11.7. The molecule has 1 aromatic carbocycles. The molecule has 0 spiro atoms. The van der Waals surface area contributed by atoms with Gasteiger partial charge in [0.15, 0.2) is 21.3 Å². The van der Waals surface area contributed by atoms with Gasteiger partial charge in [-0.2, -0.15) is 0 Å². The molecule has 0 saturated heterocycles. The molecule has 1 aliphatic carbocycles. The van der Waals surface area contributed by atoms with E-state index in [1.165, 1.54) is 32.1 Å². The normalized spacial score (nSPS) is 22.5. The molecule has 0 fully saturated rings. The second-order valence-electron chi connectivity index (χ2n) is 7.42. The molecule has 28 heavy (non-hydrogen) atoms. The van der Waals surface area contributed by atoms with Gasteiger partial charge in [0.1, 0.15) is 0 Å². The van der Waals surface area contributed by atoms with Crippen molar-refractivity contribution in [3.8, 4) is 11.5 Å². The first-order chi connectivity index (χ1) is 13.4. The highest BCUT2D eigenvalue weighted by Crippen LogP contribution is 2.36. The van der Waals surface area contributed by atoms with E-state index in [-0.39, 0.29) is 22.1 Å². The Labute approximate surface area is 169 Å². The predicted octanol–water partition coefficient (Wildman–Crippen LogP) is 4.51. The van der Waals surface area contributed by atoms with Crippen LogP contribution in [0.1, 0.15) is 57.9 Å². The number of phenols is 1. The molecule has 156 valence electrons. The Morgan fingerprint density at radius 1 is 1.18 bits per heavy atom. The number of hydrogen-bond donors (Lipinski definition) is 2. The van der Waals surface area contributed by atoms with Crippen molar-refractivity contribution < 1.29 is 18.3 Å². The third-order valence-corrected chi connectivity index (χ3v) is 7.37. The van der Waals surface area contributed by atoms with E-state index >= 15 is 0 Å². The highest BCUT2D eigenvalue weighted by Gasteiger charge is 2.38. The molecule has 0 bridgehead atoms. The summed E-state index contributed by atoms with van der Waals surface area (Å²) in [6, 6.07) is 2.93. The molecule has 0 unspecified atom stereocenters. The molecule has 2 N–H and O–H groups in total.